The number of hydrogen-bond donors (Lipinski definition) is 0. The van der Waals surface area contributed by atoms with Crippen molar-refractivity contribution in [3.8, 4) is 0 Å². The quantitative estimate of drug-likeness (QED) is 0.609. The molecule has 0 bridgehead atoms. The molecule has 2 heterocycles. The fraction of sp³-hybridized carbons (Fsp3) is 0.500. The lowest BCUT2D eigenvalue weighted by Gasteiger charge is -2.31. The second kappa shape index (κ2) is 3.87. The summed E-state index contributed by atoms with van der Waals surface area (Å²) >= 11 is 1.87. The largest absolute Gasteiger partial charge is 0.385 e. The monoisotopic (exact) mass is 184 g/mol. The van der Waals surface area contributed by atoms with E-state index in [1.54, 1.807) is 17.4 Å². The van der Waals surface area contributed by atoms with Gasteiger partial charge in [-0.2, -0.15) is 16.8 Å². The van der Waals surface area contributed by atoms with Crippen molar-refractivity contribution in [3.05, 3.63) is 24.6 Å². The highest BCUT2D eigenvalue weighted by Gasteiger charge is 2.21. The van der Waals surface area contributed by atoms with Crippen molar-refractivity contribution in [3.63, 3.8) is 0 Å². The molecule has 0 aliphatic carbocycles. The van der Waals surface area contributed by atoms with Crippen LogP contribution in [-0.4, -0.2) is 29.4 Å². The number of nitrogens with zero attached hydrogens (tertiary/aromatic N) is 1. The number of hydroxylamine groups is 2. The molecular weight excluding hydrogens is 174 g/mol. The van der Waals surface area contributed by atoms with Crippen LogP contribution in [0.2, 0.25) is 0 Å². The Balaban J connectivity index is 1.90. The van der Waals surface area contributed by atoms with Crippen LogP contribution in [0.5, 0.6) is 0 Å². The van der Waals surface area contributed by atoms with E-state index in [0.717, 1.165) is 18.1 Å². The molecule has 2 aliphatic heterocycles. The molecular formula is C8H10NO2S. The first-order chi connectivity index (χ1) is 5.97. The number of thioether (sulfide) groups is 1. The predicted molar refractivity (Wildman–Crippen MR) is 46.9 cm³/mol. The number of rotatable bonds is 1. The van der Waals surface area contributed by atoms with E-state index < -0.39 is 0 Å². The maximum atomic E-state index is 5.48. The highest BCUT2D eigenvalue weighted by Crippen LogP contribution is 2.17. The first-order valence-electron chi connectivity index (χ1n) is 3.87. The Labute approximate surface area is 76.0 Å². The predicted octanol–water partition coefficient (Wildman–Crippen LogP) is 1.15. The van der Waals surface area contributed by atoms with E-state index in [2.05, 4.69) is 6.20 Å². The summed E-state index contributed by atoms with van der Waals surface area (Å²) in [7, 11) is 0. The van der Waals surface area contributed by atoms with Gasteiger partial charge in [0, 0.05) is 11.5 Å². The van der Waals surface area contributed by atoms with Gasteiger partial charge in [-0.05, 0) is 12.2 Å². The average molecular weight is 184 g/mol. The van der Waals surface area contributed by atoms with Gasteiger partial charge in [-0.15, -0.1) is 0 Å². The SMILES string of the molecule is [C]1=CC=CON1C1CSCCO1. The van der Waals surface area contributed by atoms with Crippen molar-refractivity contribution in [2.75, 3.05) is 18.1 Å². The molecule has 2 aliphatic rings. The summed E-state index contributed by atoms with van der Waals surface area (Å²) in [5, 5.41) is 1.62. The smallest absolute Gasteiger partial charge is 0.173 e. The zero-order valence-electron chi connectivity index (χ0n) is 6.60. The third kappa shape index (κ3) is 1.76. The summed E-state index contributed by atoms with van der Waals surface area (Å²) in [4.78, 5) is 5.19. The van der Waals surface area contributed by atoms with Crippen molar-refractivity contribution in [2.45, 2.75) is 6.23 Å². The Bertz CT molecular complexity index is 199. The lowest BCUT2D eigenvalue weighted by atomic mass is 10.5. The van der Waals surface area contributed by atoms with Crippen LogP contribution < -0.4 is 0 Å². The summed E-state index contributed by atoms with van der Waals surface area (Å²) in [6, 6.07) is 0. The third-order valence-corrected chi connectivity index (χ3v) is 2.59. The molecule has 0 N–H and O–H groups in total. The van der Waals surface area contributed by atoms with Gasteiger partial charge in [0.15, 0.2) is 6.23 Å². The van der Waals surface area contributed by atoms with E-state index in [1.165, 1.54) is 0 Å². The van der Waals surface area contributed by atoms with Crippen LogP contribution >= 0.6 is 11.8 Å². The molecule has 12 heavy (non-hydrogen) atoms. The zero-order chi connectivity index (χ0) is 8.23. The number of ether oxygens (including phenoxy) is 1. The Morgan fingerprint density at radius 1 is 1.58 bits per heavy atom. The van der Waals surface area contributed by atoms with Crippen LogP contribution in [-0.2, 0) is 9.57 Å². The normalized spacial score (nSPS) is 28.7. The maximum Gasteiger partial charge on any atom is 0.173 e. The van der Waals surface area contributed by atoms with Crippen molar-refractivity contribution in [1.29, 1.82) is 0 Å². The lowest BCUT2D eigenvalue weighted by molar-refractivity contribution is -0.186. The Kier molecular flexibility index (Phi) is 2.58. The molecule has 1 atom stereocenters. The van der Waals surface area contributed by atoms with Gasteiger partial charge in [-0.1, -0.05) is 0 Å². The number of hydrogen-bond acceptors (Lipinski definition) is 4. The molecule has 1 saturated heterocycles. The van der Waals surface area contributed by atoms with Gasteiger partial charge in [-0.25, -0.2) is 0 Å². The fourth-order valence-electron chi connectivity index (χ4n) is 1.05. The summed E-state index contributed by atoms with van der Waals surface area (Å²) in [5.41, 5.74) is 0. The average Bonchev–Trinajstić information content (AvgIpc) is 2.21. The van der Waals surface area contributed by atoms with Gasteiger partial charge in [0.2, 0.25) is 0 Å². The summed E-state index contributed by atoms with van der Waals surface area (Å²) in [5.74, 6) is 2.01. The second-order valence-electron chi connectivity index (χ2n) is 2.46. The van der Waals surface area contributed by atoms with Crippen LogP contribution in [0, 0.1) is 6.20 Å². The summed E-state index contributed by atoms with van der Waals surface area (Å²) in [6.07, 6.45) is 8.20. The van der Waals surface area contributed by atoms with Crippen LogP contribution in [0.1, 0.15) is 0 Å². The van der Waals surface area contributed by atoms with Crippen molar-refractivity contribution in [2.24, 2.45) is 0 Å². The molecule has 0 aromatic carbocycles. The topological polar surface area (TPSA) is 21.7 Å². The summed E-state index contributed by atoms with van der Waals surface area (Å²) < 4.78 is 5.48. The van der Waals surface area contributed by atoms with Crippen molar-refractivity contribution >= 4 is 11.8 Å². The minimum absolute atomic E-state index is 0.0185. The highest BCUT2D eigenvalue weighted by atomic mass is 32.2. The standard InChI is InChI=1S/C8H10NO2S/c1-2-4-11-9(3-1)8-7-12-6-5-10-8/h1-2,4,8H,5-7H2. The molecule has 1 radical (unpaired) electrons. The molecule has 1 unspecified atom stereocenters. The van der Waals surface area contributed by atoms with Crippen molar-refractivity contribution in [1.82, 2.24) is 5.06 Å². The maximum absolute atomic E-state index is 5.48. The molecule has 65 valence electrons. The number of allylic oxidation sites excluding steroid dienone is 2. The van der Waals surface area contributed by atoms with Crippen LogP contribution in [0.4, 0.5) is 0 Å². The molecule has 0 aromatic rings. The molecule has 0 amide bonds. The van der Waals surface area contributed by atoms with Gasteiger partial charge in [0.05, 0.1) is 6.61 Å². The van der Waals surface area contributed by atoms with E-state index in [9.17, 15) is 0 Å². The lowest BCUT2D eigenvalue weighted by Crippen LogP contribution is -2.38. The first kappa shape index (κ1) is 8.01. The minimum Gasteiger partial charge on any atom is -0.385 e. The van der Waals surface area contributed by atoms with E-state index in [4.69, 9.17) is 9.57 Å². The van der Waals surface area contributed by atoms with Crippen molar-refractivity contribution < 1.29 is 9.57 Å². The van der Waals surface area contributed by atoms with Crippen LogP contribution in [0.25, 0.3) is 0 Å². The van der Waals surface area contributed by atoms with Gasteiger partial charge in [0.1, 0.15) is 12.5 Å². The van der Waals surface area contributed by atoms with Gasteiger partial charge < -0.3 is 9.57 Å². The fourth-order valence-corrected chi connectivity index (χ4v) is 1.86. The Morgan fingerprint density at radius 2 is 2.58 bits per heavy atom. The van der Waals surface area contributed by atoms with E-state index >= 15 is 0 Å². The molecule has 2 rings (SSSR count). The first-order valence-corrected chi connectivity index (χ1v) is 5.02. The Hall–Kier alpha value is -0.610. The third-order valence-electron chi connectivity index (χ3n) is 1.61. The van der Waals surface area contributed by atoms with Crippen LogP contribution in [0.15, 0.2) is 18.4 Å². The molecule has 0 aromatic heterocycles. The Morgan fingerprint density at radius 3 is 3.25 bits per heavy atom. The van der Waals surface area contributed by atoms with E-state index in [-0.39, 0.29) is 6.23 Å². The molecule has 0 saturated carbocycles. The van der Waals surface area contributed by atoms with E-state index in [1.807, 2.05) is 17.8 Å². The molecule has 4 heteroatoms. The second-order valence-corrected chi connectivity index (χ2v) is 3.61. The molecule has 0 spiro atoms. The molecule has 3 nitrogen and oxygen atoms in total. The van der Waals surface area contributed by atoms with Crippen LogP contribution in [0.3, 0.4) is 0 Å². The van der Waals surface area contributed by atoms with Gasteiger partial charge >= 0.3 is 0 Å². The van der Waals surface area contributed by atoms with Gasteiger partial charge in [0.25, 0.3) is 0 Å². The summed E-state index contributed by atoms with van der Waals surface area (Å²) in [6.45, 7) is 0.792. The molecule has 1 fully saturated rings. The van der Waals surface area contributed by atoms with Gasteiger partial charge in [-0.3, -0.25) is 0 Å². The highest BCUT2D eigenvalue weighted by molar-refractivity contribution is 7.99. The van der Waals surface area contributed by atoms with E-state index in [0.29, 0.717) is 0 Å². The zero-order valence-corrected chi connectivity index (χ0v) is 7.42. The minimum atomic E-state index is 0.0185.